The Hall–Kier alpha value is -1.42. The van der Waals surface area contributed by atoms with Gasteiger partial charge in [0, 0.05) is 6.42 Å². The third kappa shape index (κ3) is 3.26. The molecule has 0 saturated heterocycles. The number of nitrogens with zero attached hydrogens (tertiary/aromatic N) is 1. The predicted octanol–water partition coefficient (Wildman–Crippen LogP) is 4.57. The van der Waals surface area contributed by atoms with Crippen molar-refractivity contribution < 1.29 is 9.90 Å². The van der Waals surface area contributed by atoms with Crippen LogP contribution in [0, 0.1) is 12.3 Å². The van der Waals surface area contributed by atoms with Crippen LogP contribution in [0.1, 0.15) is 49.1 Å². The molecule has 0 radical (unpaired) electrons. The van der Waals surface area contributed by atoms with Crippen LogP contribution in [0.15, 0.2) is 18.2 Å². The van der Waals surface area contributed by atoms with Crippen molar-refractivity contribution in [1.82, 2.24) is 4.98 Å². The molecule has 2 aromatic rings. The van der Waals surface area contributed by atoms with Crippen molar-refractivity contribution in [3.05, 3.63) is 28.8 Å². The maximum absolute atomic E-state index is 11.3. The van der Waals surface area contributed by atoms with Gasteiger partial charge in [-0.25, -0.2) is 4.98 Å². The van der Waals surface area contributed by atoms with E-state index in [0.29, 0.717) is 0 Å². The van der Waals surface area contributed by atoms with E-state index in [1.807, 2.05) is 0 Å². The van der Waals surface area contributed by atoms with E-state index in [2.05, 4.69) is 25.1 Å². The van der Waals surface area contributed by atoms with Crippen LogP contribution in [0.25, 0.3) is 10.2 Å². The highest BCUT2D eigenvalue weighted by Crippen LogP contribution is 2.43. The number of benzene rings is 1. The molecule has 0 bridgehead atoms. The summed E-state index contributed by atoms with van der Waals surface area (Å²) < 4.78 is 1.21. The number of carboxylic acids is 1. The van der Waals surface area contributed by atoms with Gasteiger partial charge in [0.2, 0.25) is 0 Å². The third-order valence-electron chi connectivity index (χ3n) is 4.55. The molecule has 0 atom stereocenters. The fourth-order valence-corrected chi connectivity index (χ4v) is 4.64. The first-order chi connectivity index (χ1) is 10.1. The summed E-state index contributed by atoms with van der Waals surface area (Å²) in [6.07, 6.45) is 6.68. The Balaban J connectivity index is 1.88. The minimum Gasteiger partial charge on any atom is -0.481 e. The molecule has 1 heterocycles. The van der Waals surface area contributed by atoms with Gasteiger partial charge in [0.15, 0.2) is 0 Å². The van der Waals surface area contributed by atoms with Gasteiger partial charge in [0.25, 0.3) is 0 Å². The molecular weight excluding hydrogens is 282 g/mol. The lowest BCUT2D eigenvalue weighted by Gasteiger charge is -2.35. The van der Waals surface area contributed by atoms with Crippen LogP contribution in [0.4, 0.5) is 0 Å². The second-order valence-corrected chi connectivity index (χ2v) is 7.50. The Bertz CT molecular complexity index is 656. The third-order valence-corrected chi connectivity index (χ3v) is 5.59. The van der Waals surface area contributed by atoms with Gasteiger partial charge in [-0.15, -0.1) is 11.3 Å². The first-order valence-electron chi connectivity index (χ1n) is 7.64. The van der Waals surface area contributed by atoms with E-state index in [0.717, 1.165) is 42.6 Å². The van der Waals surface area contributed by atoms with Crippen molar-refractivity contribution in [2.75, 3.05) is 0 Å². The molecule has 1 saturated carbocycles. The van der Waals surface area contributed by atoms with Crippen LogP contribution < -0.4 is 0 Å². The molecule has 0 amide bonds. The molecule has 3 rings (SSSR count). The molecular formula is C17H21NO2S. The lowest BCUT2D eigenvalue weighted by atomic mass is 9.70. The standard InChI is InChI=1S/C17H21NO2S/c1-12-5-6-14-13(9-12)18-15(21-14)10-17(11-16(19)20)7-3-2-4-8-17/h5-6,9H,2-4,7-8,10-11H2,1H3,(H,19,20). The van der Waals surface area contributed by atoms with Gasteiger partial charge in [0.1, 0.15) is 0 Å². The van der Waals surface area contributed by atoms with E-state index >= 15 is 0 Å². The number of thiazole rings is 1. The fraction of sp³-hybridized carbons (Fsp3) is 0.529. The molecule has 0 spiro atoms. The zero-order valence-electron chi connectivity index (χ0n) is 12.4. The summed E-state index contributed by atoms with van der Waals surface area (Å²) in [5.74, 6) is -0.672. The van der Waals surface area contributed by atoms with Crippen molar-refractivity contribution in [1.29, 1.82) is 0 Å². The highest BCUT2D eigenvalue weighted by molar-refractivity contribution is 7.18. The summed E-state index contributed by atoms with van der Waals surface area (Å²) in [6, 6.07) is 6.34. The summed E-state index contributed by atoms with van der Waals surface area (Å²) >= 11 is 1.72. The topological polar surface area (TPSA) is 50.2 Å². The minimum absolute atomic E-state index is 0.0764. The van der Waals surface area contributed by atoms with E-state index in [1.54, 1.807) is 11.3 Å². The van der Waals surface area contributed by atoms with Crippen LogP contribution in [-0.2, 0) is 11.2 Å². The van der Waals surface area contributed by atoms with Crippen molar-refractivity contribution in [3.63, 3.8) is 0 Å². The summed E-state index contributed by atoms with van der Waals surface area (Å²) in [5, 5.41) is 10.4. The lowest BCUT2D eigenvalue weighted by Crippen LogP contribution is -2.29. The zero-order chi connectivity index (χ0) is 14.9. The molecule has 112 valence electrons. The molecule has 3 nitrogen and oxygen atoms in total. The van der Waals surface area contributed by atoms with Gasteiger partial charge in [-0.05, 0) is 42.9 Å². The number of carbonyl (C=O) groups is 1. The molecule has 1 aliphatic carbocycles. The molecule has 1 aromatic heterocycles. The monoisotopic (exact) mass is 303 g/mol. The van der Waals surface area contributed by atoms with Crippen molar-refractivity contribution in [2.45, 2.75) is 51.9 Å². The van der Waals surface area contributed by atoms with E-state index in [4.69, 9.17) is 4.98 Å². The Morgan fingerprint density at radius 3 is 2.81 bits per heavy atom. The van der Waals surface area contributed by atoms with Crippen LogP contribution in [0.5, 0.6) is 0 Å². The summed E-state index contributed by atoms with van der Waals surface area (Å²) in [4.78, 5) is 16.0. The largest absolute Gasteiger partial charge is 0.481 e. The van der Waals surface area contributed by atoms with E-state index in [9.17, 15) is 9.90 Å². The van der Waals surface area contributed by atoms with Crippen LogP contribution in [0.2, 0.25) is 0 Å². The van der Waals surface area contributed by atoms with E-state index in [1.165, 1.54) is 16.7 Å². The highest BCUT2D eigenvalue weighted by atomic mass is 32.1. The highest BCUT2D eigenvalue weighted by Gasteiger charge is 2.35. The maximum atomic E-state index is 11.3. The summed E-state index contributed by atoms with van der Waals surface area (Å²) in [5.41, 5.74) is 2.20. The molecule has 1 aliphatic rings. The zero-order valence-corrected chi connectivity index (χ0v) is 13.2. The molecule has 4 heteroatoms. The van der Waals surface area contributed by atoms with Gasteiger partial charge >= 0.3 is 5.97 Å². The molecule has 1 fully saturated rings. The van der Waals surface area contributed by atoms with Crippen LogP contribution in [0.3, 0.4) is 0 Å². The maximum Gasteiger partial charge on any atom is 0.303 e. The number of rotatable bonds is 4. The van der Waals surface area contributed by atoms with Gasteiger partial charge in [-0.2, -0.15) is 0 Å². The quantitative estimate of drug-likeness (QED) is 0.900. The predicted molar refractivity (Wildman–Crippen MR) is 85.8 cm³/mol. The number of fused-ring (bicyclic) bond motifs is 1. The molecule has 0 aliphatic heterocycles. The first kappa shape index (κ1) is 14.5. The normalized spacial score (nSPS) is 18.0. The SMILES string of the molecule is Cc1ccc2sc(CC3(CC(=O)O)CCCCC3)nc2c1. The molecule has 0 unspecified atom stereocenters. The lowest BCUT2D eigenvalue weighted by molar-refractivity contribution is -0.140. The van der Waals surface area contributed by atoms with Crippen LogP contribution in [-0.4, -0.2) is 16.1 Å². The minimum atomic E-state index is -0.672. The van der Waals surface area contributed by atoms with Gasteiger partial charge in [0.05, 0.1) is 21.6 Å². The van der Waals surface area contributed by atoms with Crippen molar-refractivity contribution in [3.8, 4) is 0 Å². The number of aryl methyl sites for hydroxylation is 1. The molecule has 21 heavy (non-hydrogen) atoms. The second kappa shape index (κ2) is 5.76. The number of hydrogen-bond donors (Lipinski definition) is 1. The van der Waals surface area contributed by atoms with Gasteiger partial charge in [-0.1, -0.05) is 25.3 Å². The number of carboxylic acid groups (broad SMARTS) is 1. The van der Waals surface area contributed by atoms with E-state index in [-0.39, 0.29) is 11.8 Å². The Morgan fingerprint density at radius 1 is 1.33 bits per heavy atom. The molecule has 1 aromatic carbocycles. The van der Waals surface area contributed by atoms with Gasteiger partial charge < -0.3 is 5.11 Å². The second-order valence-electron chi connectivity index (χ2n) is 6.39. The van der Waals surface area contributed by atoms with Gasteiger partial charge in [-0.3, -0.25) is 4.79 Å². The molecule has 1 N–H and O–H groups in total. The number of aliphatic carboxylic acids is 1. The smallest absolute Gasteiger partial charge is 0.303 e. The number of hydrogen-bond acceptors (Lipinski definition) is 3. The van der Waals surface area contributed by atoms with Crippen molar-refractivity contribution in [2.24, 2.45) is 5.41 Å². The summed E-state index contributed by atoms with van der Waals surface area (Å²) in [7, 11) is 0. The summed E-state index contributed by atoms with van der Waals surface area (Å²) in [6.45, 7) is 2.07. The fourth-order valence-electron chi connectivity index (χ4n) is 3.52. The Kier molecular flexibility index (Phi) is 3.98. The average molecular weight is 303 g/mol. The Morgan fingerprint density at radius 2 is 2.10 bits per heavy atom. The number of aromatic nitrogens is 1. The first-order valence-corrected chi connectivity index (χ1v) is 8.46. The van der Waals surface area contributed by atoms with Crippen molar-refractivity contribution >= 4 is 27.5 Å². The Labute approximate surface area is 129 Å². The van der Waals surface area contributed by atoms with Crippen LogP contribution >= 0.6 is 11.3 Å². The van der Waals surface area contributed by atoms with E-state index < -0.39 is 5.97 Å². The average Bonchev–Trinajstić information content (AvgIpc) is 2.79.